The maximum absolute atomic E-state index is 8.84. The summed E-state index contributed by atoms with van der Waals surface area (Å²) in [5.74, 6) is 1.33. The normalized spacial score (nSPS) is 12.6. The molecule has 0 saturated heterocycles. The number of aliphatic hydroxyl groups is 1. The van der Waals surface area contributed by atoms with E-state index in [0.717, 1.165) is 17.7 Å². The third kappa shape index (κ3) is 2.48. The molecule has 0 amide bonds. The molecule has 1 aromatic rings. The fourth-order valence-corrected chi connectivity index (χ4v) is 1.57. The number of hydrogen-bond donors (Lipinski definition) is 1. The number of benzene rings is 1. The summed E-state index contributed by atoms with van der Waals surface area (Å²) in [6.07, 6.45) is 0.811. The molecule has 1 atom stereocenters. The molecule has 0 spiro atoms. The van der Waals surface area contributed by atoms with Crippen molar-refractivity contribution in [3.05, 3.63) is 29.3 Å². The first-order chi connectivity index (χ1) is 6.69. The van der Waals surface area contributed by atoms with Gasteiger partial charge in [0.25, 0.3) is 0 Å². The number of hydrogen-bond acceptors (Lipinski definition) is 2. The zero-order valence-electron chi connectivity index (χ0n) is 9.08. The highest BCUT2D eigenvalue weighted by molar-refractivity contribution is 5.37. The first-order valence-electron chi connectivity index (χ1n) is 4.94. The molecule has 14 heavy (non-hydrogen) atoms. The van der Waals surface area contributed by atoms with Gasteiger partial charge in [0.05, 0.1) is 7.11 Å². The minimum atomic E-state index is 0.242. The standard InChI is InChI=1S/C12H18O2/c1-9(6-7-13)11-4-5-12(14-3)10(2)8-11/h4-5,8-9,13H,6-7H2,1-3H3. The quantitative estimate of drug-likeness (QED) is 0.798. The lowest BCUT2D eigenvalue weighted by Gasteiger charge is -2.12. The molecule has 2 heteroatoms. The van der Waals surface area contributed by atoms with Crippen LogP contribution in [0.5, 0.6) is 5.75 Å². The van der Waals surface area contributed by atoms with E-state index >= 15 is 0 Å². The SMILES string of the molecule is COc1ccc(C(C)CCO)cc1C. The summed E-state index contributed by atoms with van der Waals surface area (Å²) in [4.78, 5) is 0. The van der Waals surface area contributed by atoms with Gasteiger partial charge in [-0.3, -0.25) is 0 Å². The van der Waals surface area contributed by atoms with Gasteiger partial charge in [0.15, 0.2) is 0 Å². The van der Waals surface area contributed by atoms with Crippen molar-refractivity contribution < 1.29 is 9.84 Å². The molecule has 2 nitrogen and oxygen atoms in total. The van der Waals surface area contributed by atoms with Crippen LogP contribution >= 0.6 is 0 Å². The molecule has 1 rings (SSSR count). The lowest BCUT2D eigenvalue weighted by atomic mass is 9.96. The molecule has 0 heterocycles. The topological polar surface area (TPSA) is 29.5 Å². The Balaban J connectivity index is 2.85. The Hall–Kier alpha value is -1.02. The Labute approximate surface area is 85.5 Å². The van der Waals surface area contributed by atoms with Crippen molar-refractivity contribution in [2.75, 3.05) is 13.7 Å². The molecule has 1 N–H and O–H groups in total. The molecule has 78 valence electrons. The maximum atomic E-state index is 8.84. The number of aryl methyl sites for hydroxylation is 1. The lowest BCUT2D eigenvalue weighted by molar-refractivity contribution is 0.278. The zero-order chi connectivity index (χ0) is 10.6. The minimum absolute atomic E-state index is 0.242. The number of methoxy groups -OCH3 is 1. The van der Waals surface area contributed by atoms with Crippen LogP contribution in [0.3, 0.4) is 0 Å². The number of aliphatic hydroxyl groups excluding tert-OH is 1. The van der Waals surface area contributed by atoms with Gasteiger partial charge in [-0.2, -0.15) is 0 Å². The summed E-state index contributed by atoms with van der Waals surface area (Å²) < 4.78 is 5.19. The second-order valence-electron chi connectivity index (χ2n) is 3.64. The van der Waals surface area contributed by atoms with Crippen LogP contribution in [0.4, 0.5) is 0 Å². The molecular weight excluding hydrogens is 176 g/mol. The first-order valence-corrected chi connectivity index (χ1v) is 4.94. The van der Waals surface area contributed by atoms with Crippen molar-refractivity contribution in [1.82, 2.24) is 0 Å². The van der Waals surface area contributed by atoms with Crippen LogP contribution in [-0.2, 0) is 0 Å². The Bertz CT molecular complexity index is 294. The predicted molar refractivity (Wildman–Crippen MR) is 57.8 cm³/mol. The van der Waals surface area contributed by atoms with Gasteiger partial charge < -0.3 is 9.84 Å². The van der Waals surface area contributed by atoms with Gasteiger partial charge in [0.2, 0.25) is 0 Å². The largest absolute Gasteiger partial charge is 0.496 e. The predicted octanol–water partition coefficient (Wildman–Crippen LogP) is 2.49. The van der Waals surface area contributed by atoms with E-state index in [-0.39, 0.29) is 6.61 Å². The second kappa shape index (κ2) is 5.01. The zero-order valence-corrected chi connectivity index (χ0v) is 9.08. The van der Waals surface area contributed by atoms with E-state index in [1.807, 2.05) is 13.0 Å². The highest BCUT2D eigenvalue weighted by Gasteiger charge is 2.06. The summed E-state index contributed by atoms with van der Waals surface area (Å²) in [6, 6.07) is 6.17. The number of ether oxygens (including phenoxy) is 1. The molecule has 0 aliphatic rings. The Morgan fingerprint density at radius 1 is 1.43 bits per heavy atom. The van der Waals surface area contributed by atoms with Gasteiger partial charge in [-0.1, -0.05) is 19.1 Å². The van der Waals surface area contributed by atoms with Crippen molar-refractivity contribution in [2.24, 2.45) is 0 Å². The molecule has 0 bridgehead atoms. The van der Waals surface area contributed by atoms with Crippen molar-refractivity contribution in [1.29, 1.82) is 0 Å². The third-order valence-electron chi connectivity index (χ3n) is 2.55. The van der Waals surface area contributed by atoms with E-state index < -0.39 is 0 Å². The van der Waals surface area contributed by atoms with Crippen molar-refractivity contribution in [2.45, 2.75) is 26.2 Å². The maximum Gasteiger partial charge on any atom is 0.121 e. The molecule has 0 aromatic heterocycles. The van der Waals surface area contributed by atoms with E-state index in [9.17, 15) is 0 Å². The third-order valence-corrected chi connectivity index (χ3v) is 2.55. The summed E-state index contributed by atoms with van der Waals surface area (Å²) >= 11 is 0. The average Bonchev–Trinajstić information content (AvgIpc) is 2.18. The molecule has 1 unspecified atom stereocenters. The highest BCUT2D eigenvalue weighted by atomic mass is 16.5. The van der Waals surface area contributed by atoms with E-state index in [4.69, 9.17) is 9.84 Å². The van der Waals surface area contributed by atoms with Crippen LogP contribution in [0.25, 0.3) is 0 Å². The van der Waals surface area contributed by atoms with Crippen LogP contribution in [-0.4, -0.2) is 18.8 Å². The Morgan fingerprint density at radius 2 is 2.14 bits per heavy atom. The van der Waals surface area contributed by atoms with Gasteiger partial charge in [-0.05, 0) is 36.5 Å². The fraction of sp³-hybridized carbons (Fsp3) is 0.500. The molecule has 0 fully saturated rings. The van der Waals surface area contributed by atoms with Crippen LogP contribution in [0.1, 0.15) is 30.4 Å². The molecule has 0 radical (unpaired) electrons. The van der Waals surface area contributed by atoms with Gasteiger partial charge in [0, 0.05) is 6.61 Å². The molecular formula is C12H18O2. The van der Waals surface area contributed by atoms with Crippen LogP contribution in [0.2, 0.25) is 0 Å². The molecule has 0 aliphatic heterocycles. The van der Waals surface area contributed by atoms with Crippen LogP contribution in [0, 0.1) is 6.92 Å². The molecule has 0 aliphatic carbocycles. The number of rotatable bonds is 4. The van der Waals surface area contributed by atoms with E-state index in [1.165, 1.54) is 5.56 Å². The second-order valence-corrected chi connectivity index (χ2v) is 3.64. The fourth-order valence-electron chi connectivity index (χ4n) is 1.57. The summed E-state index contributed by atoms with van der Waals surface area (Å²) in [6.45, 7) is 4.40. The lowest BCUT2D eigenvalue weighted by Crippen LogP contribution is -1.98. The van der Waals surface area contributed by atoms with Gasteiger partial charge in [-0.25, -0.2) is 0 Å². The van der Waals surface area contributed by atoms with Crippen molar-refractivity contribution in [3.63, 3.8) is 0 Å². The monoisotopic (exact) mass is 194 g/mol. The van der Waals surface area contributed by atoms with E-state index in [1.54, 1.807) is 7.11 Å². The van der Waals surface area contributed by atoms with Gasteiger partial charge in [-0.15, -0.1) is 0 Å². The summed E-state index contributed by atoms with van der Waals surface area (Å²) in [5.41, 5.74) is 2.41. The molecule has 1 aromatic carbocycles. The van der Waals surface area contributed by atoms with Crippen LogP contribution in [0.15, 0.2) is 18.2 Å². The Kier molecular flexibility index (Phi) is 3.96. The van der Waals surface area contributed by atoms with E-state index in [2.05, 4.69) is 19.1 Å². The summed E-state index contributed by atoms with van der Waals surface area (Å²) in [5, 5.41) is 8.84. The minimum Gasteiger partial charge on any atom is -0.496 e. The van der Waals surface area contributed by atoms with Crippen molar-refractivity contribution in [3.8, 4) is 5.75 Å². The molecule has 0 saturated carbocycles. The highest BCUT2D eigenvalue weighted by Crippen LogP contribution is 2.24. The van der Waals surface area contributed by atoms with Crippen molar-refractivity contribution >= 4 is 0 Å². The van der Waals surface area contributed by atoms with E-state index in [0.29, 0.717) is 5.92 Å². The van der Waals surface area contributed by atoms with Gasteiger partial charge >= 0.3 is 0 Å². The smallest absolute Gasteiger partial charge is 0.121 e. The van der Waals surface area contributed by atoms with Crippen LogP contribution < -0.4 is 4.74 Å². The van der Waals surface area contributed by atoms with Gasteiger partial charge in [0.1, 0.15) is 5.75 Å². The average molecular weight is 194 g/mol. The summed E-state index contributed by atoms with van der Waals surface area (Å²) in [7, 11) is 1.68. The first kappa shape index (κ1) is 11.1. The Morgan fingerprint density at radius 3 is 2.64 bits per heavy atom.